The Kier molecular flexibility index (Phi) is 6.17. The molecular weight excluding hydrogens is 404 g/mol. The summed E-state index contributed by atoms with van der Waals surface area (Å²) < 4.78 is 8.47. The summed E-state index contributed by atoms with van der Waals surface area (Å²) in [4.78, 5) is 26.1. The molecule has 2 heterocycles. The van der Waals surface area contributed by atoms with Crippen molar-refractivity contribution in [2.45, 2.75) is 13.0 Å². The standard InChI is InChI=1S/C25H24N4O3/c1-3-15-28-16-20(24(30)26-14-13-18-9-7-8-12-22(18)32-2)23-21(17-28)25(31)29(27-23)19-10-5-4-6-11-19/h3-12,16-17H,1,13-15H2,2H3,(H,26,30). The molecule has 2 aliphatic rings. The Morgan fingerprint density at radius 3 is 2.62 bits per heavy atom. The molecule has 162 valence electrons. The third kappa shape index (κ3) is 4.18. The number of pyridine rings is 1. The third-order valence-corrected chi connectivity index (χ3v) is 5.18. The van der Waals surface area contributed by atoms with Crippen molar-refractivity contribution in [3.8, 4) is 22.7 Å². The zero-order chi connectivity index (χ0) is 22.5. The molecule has 0 aliphatic carbocycles. The summed E-state index contributed by atoms with van der Waals surface area (Å²) in [5.74, 6) is 0.492. The van der Waals surface area contributed by atoms with Crippen molar-refractivity contribution in [2.24, 2.45) is 0 Å². The number of amides is 1. The Hall–Kier alpha value is -4.13. The number of hydrogen-bond acceptors (Lipinski definition) is 4. The van der Waals surface area contributed by atoms with Crippen LogP contribution in [0.2, 0.25) is 0 Å². The van der Waals surface area contributed by atoms with Gasteiger partial charge in [0.05, 0.1) is 23.9 Å². The largest absolute Gasteiger partial charge is 0.496 e. The van der Waals surface area contributed by atoms with Crippen molar-refractivity contribution in [3.63, 3.8) is 0 Å². The summed E-state index contributed by atoms with van der Waals surface area (Å²) >= 11 is 0. The van der Waals surface area contributed by atoms with Crippen LogP contribution in [0.3, 0.4) is 0 Å². The highest BCUT2D eigenvalue weighted by Gasteiger charge is 2.24. The van der Waals surface area contributed by atoms with Crippen molar-refractivity contribution in [1.82, 2.24) is 19.7 Å². The van der Waals surface area contributed by atoms with E-state index in [0.717, 1.165) is 11.3 Å². The van der Waals surface area contributed by atoms with Crippen molar-refractivity contribution in [2.75, 3.05) is 13.7 Å². The van der Waals surface area contributed by atoms with Crippen molar-refractivity contribution >= 4 is 5.91 Å². The highest BCUT2D eigenvalue weighted by atomic mass is 16.5. The van der Waals surface area contributed by atoms with Gasteiger partial charge in [-0.25, -0.2) is 0 Å². The highest BCUT2D eigenvalue weighted by molar-refractivity contribution is 5.99. The lowest BCUT2D eigenvalue weighted by molar-refractivity contribution is 0.0953. The molecule has 32 heavy (non-hydrogen) atoms. The van der Waals surface area contributed by atoms with E-state index in [0.29, 0.717) is 42.0 Å². The van der Waals surface area contributed by atoms with E-state index in [-0.39, 0.29) is 11.5 Å². The van der Waals surface area contributed by atoms with Gasteiger partial charge in [-0.05, 0) is 30.2 Å². The van der Waals surface area contributed by atoms with Crippen LogP contribution in [0.25, 0.3) is 16.9 Å². The lowest BCUT2D eigenvalue weighted by atomic mass is 10.1. The van der Waals surface area contributed by atoms with Crippen LogP contribution in [-0.2, 0) is 13.0 Å². The van der Waals surface area contributed by atoms with E-state index in [1.54, 1.807) is 42.3 Å². The Morgan fingerprint density at radius 1 is 1.12 bits per heavy atom. The molecule has 7 nitrogen and oxygen atoms in total. The first-order valence-corrected chi connectivity index (χ1v) is 10.3. The molecule has 0 saturated carbocycles. The zero-order valence-corrected chi connectivity index (χ0v) is 17.8. The van der Waals surface area contributed by atoms with Crippen LogP contribution < -0.4 is 15.6 Å². The quantitative estimate of drug-likeness (QED) is 0.437. The summed E-state index contributed by atoms with van der Waals surface area (Å²) in [5, 5.41) is 7.43. The predicted octanol–water partition coefficient (Wildman–Crippen LogP) is 3.31. The number of benzene rings is 2. The Balaban J connectivity index is 1.65. The first-order chi connectivity index (χ1) is 15.6. The average molecular weight is 428 g/mol. The van der Waals surface area contributed by atoms with E-state index in [1.807, 2.05) is 42.5 Å². The molecule has 0 bridgehead atoms. The third-order valence-electron chi connectivity index (χ3n) is 5.18. The molecule has 4 rings (SSSR count). The molecule has 0 unspecified atom stereocenters. The molecule has 2 aliphatic heterocycles. The van der Waals surface area contributed by atoms with E-state index in [2.05, 4.69) is 17.0 Å². The SMILES string of the molecule is C=CCn1cc(C(=O)NCCc2ccccc2OC)c2nn(-c3ccccc3)c(=O)c-2c1. The number of carbonyl (C=O) groups excluding carboxylic acids is 1. The van der Waals surface area contributed by atoms with Gasteiger partial charge in [-0.15, -0.1) is 6.58 Å². The van der Waals surface area contributed by atoms with Crippen molar-refractivity contribution < 1.29 is 9.53 Å². The molecule has 1 amide bonds. The van der Waals surface area contributed by atoms with E-state index in [4.69, 9.17) is 4.74 Å². The van der Waals surface area contributed by atoms with E-state index in [9.17, 15) is 9.59 Å². The lowest BCUT2D eigenvalue weighted by Crippen LogP contribution is -2.27. The lowest BCUT2D eigenvalue weighted by Gasteiger charge is -2.12. The minimum absolute atomic E-state index is 0.271. The number of fused-ring (bicyclic) bond motifs is 1. The molecule has 0 fully saturated rings. The summed E-state index contributed by atoms with van der Waals surface area (Å²) in [6.45, 7) is 4.64. The van der Waals surface area contributed by atoms with E-state index in [1.165, 1.54) is 4.68 Å². The number of methoxy groups -OCH3 is 1. The first kappa shape index (κ1) is 21.1. The topological polar surface area (TPSA) is 78.2 Å². The molecule has 0 saturated heterocycles. The monoisotopic (exact) mass is 428 g/mol. The minimum Gasteiger partial charge on any atom is -0.496 e. The van der Waals surface area contributed by atoms with Gasteiger partial charge in [-0.1, -0.05) is 42.5 Å². The summed E-state index contributed by atoms with van der Waals surface area (Å²) in [6, 6.07) is 16.9. The van der Waals surface area contributed by atoms with Gasteiger partial charge in [0.1, 0.15) is 11.4 Å². The second kappa shape index (κ2) is 9.34. The number of nitrogens with zero attached hydrogens (tertiary/aromatic N) is 3. The molecule has 7 heteroatoms. The van der Waals surface area contributed by atoms with Gasteiger partial charge in [-0.2, -0.15) is 9.78 Å². The number of allylic oxidation sites excluding steroid dienone is 1. The normalized spacial score (nSPS) is 10.8. The van der Waals surface area contributed by atoms with Crippen LogP contribution >= 0.6 is 0 Å². The number of carbonyl (C=O) groups is 1. The molecular formula is C25H24N4O3. The fourth-order valence-electron chi connectivity index (χ4n) is 3.64. The maximum atomic E-state index is 13.1. The van der Waals surface area contributed by atoms with Crippen LogP contribution in [0.5, 0.6) is 5.75 Å². The van der Waals surface area contributed by atoms with E-state index < -0.39 is 0 Å². The van der Waals surface area contributed by atoms with Gasteiger partial charge >= 0.3 is 0 Å². The maximum Gasteiger partial charge on any atom is 0.282 e. The number of aromatic nitrogens is 3. The van der Waals surface area contributed by atoms with Gasteiger partial charge in [0.15, 0.2) is 0 Å². The van der Waals surface area contributed by atoms with Crippen molar-refractivity contribution in [3.05, 3.63) is 101 Å². The number of rotatable bonds is 8. The van der Waals surface area contributed by atoms with Crippen molar-refractivity contribution in [1.29, 1.82) is 0 Å². The molecule has 2 aromatic carbocycles. The summed E-state index contributed by atoms with van der Waals surface area (Å²) in [5.41, 5.74) is 2.47. The highest BCUT2D eigenvalue weighted by Crippen LogP contribution is 2.23. The fourth-order valence-corrected chi connectivity index (χ4v) is 3.64. The Bertz CT molecular complexity index is 1270. The zero-order valence-electron chi connectivity index (χ0n) is 17.8. The van der Waals surface area contributed by atoms with Crippen LogP contribution in [-0.4, -0.2) is 33.9 Å². The number of nitrogens with one attached hydrogen (secondary N) is 1. The smallest absolute Gasteiger partial charge is 0.282 e. The summed E-state index contributed by atoms with van der Waals surface area (Å²) in [6.07, 6.45) is 5.73. The molecule has 0 aromatic heterocycles. The predicted molar refractivity (Wildman–Crippen MR) is 124 cm³/mol. The van der Waals surface area contributed by atoms with Crippen LogP contribution in [0.4, 0.5) is 0 Å². The minimum atomic E-state index is -0.291. The molecule has 2 aromatic rings. The number of hydrogen-bond donors (Lipinski definition) is 1. The Morgan fingerprint density at radius 2 is 1.88 bits per heavy atom. The van der Waals surface area contributed by atoms with Crippen LogP contribution in [0, 0.1) is 0 Å². The second-order valence-corrected chi connectivity index (χ2v) is 7.29. The van der Waals surface area contributed by atoms with Gasteiger partial charge in [0.2, 0.25) is 0 Å². The van der Waals surface area contributed by atoms with Crippen LogP contribution in [0.15, 0.2) is 84.4 Å². The second-order valence-electron chi connectivity index (χ2n) is 7.29. The molecule has 0 atom stereocenters. The number of ether oxygens (including phenoxy) is 1. The fraction of sp³-hybridized carbons (Fsp3) is 0.160. The van der Waals surface area contributed by atoms with Crippen LogP contribution in [0.1, 0.15) is 15.9 Å². The van der Waals surface area contributed by atoms with Gasteiger partial charge in [0.25, 0.3) is 11.5 Å². The maximum absolute atomic E-state index is 13.1. The van der Waals surface area contributed by atoms with E-state index >= 15 is 0 Å². The molecule has 0 radical (unpaired) electrons. The average Bonchev–Trinajstić information content (AvgIpc) is 3.16. The van der Waals surface area contributed by atoms with Gasteiger partial charge in [-0.3, -0.25) is 9.59 Å². The van der Waals surface area contributed by atoms with Gasteiger partial charge in [0, 0.05) is 25.5 Å². The number of para-hydroxylation sites is 2. The first-order valence-electron chi connectivity index (χ1n) is 10.3. The molecule has 1 N–H and O–H groups in total. The summed E-state index contributed by atoms with van der Waals surface area (Å²) in [7, 11) is 1.63. The Labute approximate surface area is 185 Å². The van der Waals surface area contributed by atoms with Gasteiger partial charge < -0.3 is 14.6 Å². The molecule has 0 spiro atoms.